The second-order valence-corrected chi connectivity index (χ2v) is 5.90. The van der Waals surface area contributed by atoms with Crippen molar-refractivity contribution in [1.82, 2.24) is 9.80 Å². The van der Waals surface area contributed by atoms with Crippen LogP contribution in [0.4, 0.5) is 0 Å². The van der Waals surface area contributed by atoms with Crippen LogP contribution in [0, 0.1) is 5.92 Å². The van der Waals surface area contributed by atoms with Crippen molar-refractivity contribution in [3.8, 4) is 0 Å². The molecule has 0 unspecified atom stereocenters. The zero-order valence-electron chi connectivity index (χ0n) is 13.9. The second kappa shape index (κ2) is 12.2. The van der Waals surface area contributed by atoms with Crippen LogP contribution < -0.4 is 0 Å². The Morgan fingerprint density at radius 2 is 1.50 bits per heavy atom. The highest BCUT2D eigenvalue weighted by molar-refractivity contribution is 5.66. The fourth-order valence-corrected chi connectivity index (χ4v) is 2.24. The van der Waals surface area contributed by atoms with Gasteiger partial charge in [0.2, 0.25) is 0 Å². The Bertz CT molecular complexity index is 241. The summed E-state index contributed by atoms with van der Waals surface area (Å²) in [6, 6.07) is 0. The van der Waals surface area contributed by atoms with Gasteiger partial charge < -0.3 is 14.9 Å². The second-order valence-electron chi connectivity index (χ2n) is 5.90. The van der Waals surface area contributed by atoms with Crippen LogP contribution in [0.2, 0.25) is 0 Å². The summed E-state index contributed by atoms with van der Waals surface area (Å²) in [5.41, 5.74) is 0. The first kappa shape index (κ1) is 19.4. The van der Waals surface area contributed by atoms with E-state index in [0.29, 0.717) is 12.5 Å². The molecule has 4 nitrogen and oxygen atoms in total. The van der Waals surface area contributed by atoms with Gasteiger partial charge in [-0.15, -0.1) is 0 Å². The molecule has 0 atom stereocenters. The average Bonchev–Trinajstić information content (AvgIpc) is 2.40. The smallest absolute Gasteiger partial charge is 0.304 e. The van der Waals surface area contributed by atoms with E-state index in [1.807, 2.05) is 0 Å². The van der Waals surface area contributed by atoms with Crippen molar-refractivity contribution in [2.75, 3.05) is 39.3 Å². The predicted octanol–water partition coefficient (Wildman–Crippen LogP) is 2.93. The third kappa shape index (κ3) is 11.2. The third-order valence-electron chi connectivity index (χ3n) is 3.76. The molecular weight excluding hydrogens is 252 g/mol. The lowest BCUT2D eigenvalue weighted by atomic mass is 10.1. The van der Waals surface area contributed by atoms with E-state index < -0.39 is 5.97 Å². The van der Waals surface area contributed by atoms with Crippen molar-refractivity contribution in [2.24, 2.45) is 5.92 Å². The molecule has 1 N–H and O–H groups in total. The Morgan fingerprint density at radius 1 is 0.950 bits per heavy atom. The average molecular weight is 286 g/mol. The Morgan fingerprint density at radius 3 is 1.95 bits per heavy atom. The number of hydrogen-bond donors (Lipinski definition) is 1. The quantitative estimate of drug-likeness (QED) is 0.529. The minimum absolute atomic E-state index is 0.258. The first-order chi connectivity index (χ1) is 9.49. The van der Waals surface area contributed by atoms with Crippen molar-refractivity contribution in [3.05, 3.63) is 0 Å². The zero-order valence-corrected chi connectivity index (χ0v) is 13.9. The summed E-state index contributed by atoms with van der Waals surface area (Å²) in [5, 5.41) is 8.81. The molecule has 0 aromatic heterocycles. The van der Waals surface area contributed by atoms with E-state index in [4.69, 9.17) is 5.11 Å². The van der Waals surface area contributed by atoms with E-state index in [9.17, 15) is 4.79 Å². The Kier molecular flexibility index (Phi) is 11.8. The molecule has 0 fully saturated rings. The van der Waals surface area contributed by atoms with Crippen LogP contribution in [-0.2, 0) is 4.79 Å². The van der Waals surface area contributed by atoms with Gasteiger partial charge in [-0.1, -0.05) is 27.7 Å². The van der Waals surface area contributed by atoms with Gasteiger partial charge in [-0.05, 0) is 57.9 Å². The van der Waals surface area contributed by atoms with Gasteiger partial charge in [0.25, 0.3) is 0 Å². The molecular formula is C16H34N2O2. The molecule has 0 saturated carbocycles. The van der Waals surface area contributed by atoms with Crippen LogP contribution in [0.25, 0.3) is 0 Å². The molecule has 0 rings (SSSR count). The summed E-state index contributed by atoms with van der Waals surface area (Å²) in [6.45, 7) is 15.0. The maximum absolute atomic E-state index is 10.7. The summed E-state index contributed by atoms with van der Waals surface area (Å²) < 4.78 is 0. The van der Waals surface area contributed by atoms with Crippen molar-refractivity contribution in [2.45, 2.75) is 53.4 Å². The predicted molar refractivity (Wildman–Crippen MR) is 85.2 cm³/mol. The molecule has 0 aliphatic rings. The summed E-state index contributed by atoms with van der Waals surface area (Å²) in [7, 11) is 0. The number of unbranched alkanes of at least 4 members (excludes halogenated alkanes) is 1. The number of hydrogen-bond acceptors (Lipinski definition) is 3. The maximum Gasteiger partial charge on any atom is 0.304 e. The minimum Gasteiger partial charge on any atom is -0.481 e. The van der Waals surface area contributed by atoms with E-state index in [1.165, 1.54) is 6.42 Å². The molecule has 0 aromatic carbocycles. The normalized spacial score (nSPS) is 11.8. The third-order valence-corrected chi connectivity index (χ3v) is 3.76. The van der Waals surface area contributed by atoms with Crippen molar-refractivity contribution >= 4 is 5.97 Å². The molecule has 4 heteroatoms. The van der Waals surface area contributed by atoms with Crippen LogP contribution in [-0.4, -0.2) is 60.1 Å². The highest BCUT2D eigenvalue weighted by Crippen LogP contribution is 2.05. The fourth-order valence-electron chi connectivity index (χ4n) is 2.24. The molecule has 0 aliphatic carbocycles. The van der Waals surface area contributed by atoms with Gasteiger partial charge in [-0.2, -0.15) is 0 Å². The number of carbonyl (C=O) groups is 1. The monoisotopic (exact) mass is 286 g/mol. The molecule has 0 aromatic rings. The van der Waals surface area contributed by atoms with E-state index in [-0.39, 0.29) is 6.42 Å². The van der Waals surface area contributed by atoms with Gasteiger partial charge in [0.15, 0.2) is 0 Å². The standard InChI is InChI=1S/C16H34N2O2/c1-5-17(6-2)11-7-8-12-18(13-9-15(3)4)14-10-16(19)20/h15H,5-14H2,1-4H3,(H,19,20). The lowest BCUT2D eigenvalue weighted by Gasteiger charge is -2.23. The van der Waals surface area contributed by atoms with Crippen molar-refractivity contribution in [1.29, 1.82) is 0 Å². The number of nitrogens with zero attached hydrogens (tertiary/aromatic N) is 2. The highest BCUT2D eigenvalue weighted by Gasteiger charge is 2.08. The van der Waals surface area contributed by atoms with E-state index in [0.717, 1.165) is 45.6 Å². The first-order valence-electron chi connectivity index (χ1n) is 8.16. The van der Waals surface area contributed by atoms with Gasteiger partial charge >= 0.3 is 5.97 Å². The Labute approximate surface area is 125 Å². The van der Waals surface area contributed by atoms with Gasteiger partial charge in [0.1, 0.15) is 0 Å². The number of carboxylic acid groups (broad SMARTS) is 1. The van der Waals surface area contributed by atoms with Crippen LogP contribution >= 0.6 is 0 Å². The molecule has 0 heterocycles. The minimum atomic E-state index is -0.692. The molecule has 0 radical (unpaired) electrons. The summed E-state index contributed by atoms with van der Waals surface area (Å²) in [5.74, 6) is -0.0132. The van der Waals surface area contributed by atoms with Gasteiger partial charge in [0.05, 0.1) is 6.42 Å². The first-order valence-corrected chi connectivity index (χ1v) is 8.16. The largest absolute Gasteiger partial charge is 0.481 e. The topological polar surface area (TPSA) is 43.8 Å². The van der Waals surface area contributed by atoms with Gasteiger partial charge in [-0.25, -0.2) is 0 Å². The van der Waals surface area contributed by atoms with Gasteiger partial charge in [0, 0.05) is 6.54 Å². The summed E-state index contributed by atoms with van der Waals surface area (Å²) >= 11 is 0. The molecule has 0 amide bonds. The van der Waals surface area contributed by atoms with E-state index in [1.54, 1.807) is 0 Å². The fraction of sp³-hybridized carbons (Fsp3) is 0.938. The van der Waals surface area contributed by atoms with Crippen LogP contribution in [0.3, 0.4) is 0 Å². The van der Waals surface area contributed by atoms with Crippen LogP contribution in [0.15, 0.2) is 0 Å². The number of aliphatic carboxylic acids is 1. The lowest BCUT2D eigenvalue weighted by molar-refractivity contribution is -0.137. The molecule has 0 spiro atoms. The van der Waals surface area contributed by atoms with E-state index >= 15 is 0 Å². The SMILES string of the molecule is CCN(CC)CCCCN(CCC(=O)O)CCC(C)C. The summed E-state index contributed by atoms with van der Waals surface area (Å²) in [6.07, 6.45) is 3.77. The van der Waals surface area contributed by atoms with E-state index in [2.05, 4.69) is 37.5 Å². The molecule has 120 valence electrons. The molecule has 0 aliphatic heterocycles. The Hall–Kier alpha value is -0.610. The lowest BCUT2D eigenvalue weighted by Crippen LogP contribution is -2.30. The zero-order chi connectivity index (χ0) is 15.4. The molecule has 0 saturated heterocycles. The van der Waals surface area contributed by atoms with Crippen molar-refractivity contribution in [3.63, 3.8) is 0 Å². The van der Waals surface area contributed by atoms with Crippen LogP contribution in [0.1, 0.15) is 53.4 Å². The maximum atomic E-state index is 10.7. The number of rotatable bonds is 13. The Balaban J connectivity index is 3.91. The molecule has 0 bridgehead atoms. The van der Waals surface area contributed by atoms with Crippen LogP contribution in [0.5, 0.6) is 0 Å². The molecule has 20 heavy (non-hydrogen) atoms. The number of carboxylic acids is 1. The summed E-state index contributed by atoms with van der Waals surface area (Å²) in [4.78, 5) is 15.5. The van der Waals surface area contributed by atoms with Gasteiger partial charge in [-0.3, -0.25) is 4.79 Å². The van der Waals surface area contributed by atoms with Crippen molar-refractivity contribution < 1.29 is 9.90 Å². The highest BCUT2D eigenvalue weighted by atomic mass is 16.4.